The molecule has 0 spiro atoms. The minimum atomic E-state index is 0.646. The van der Waals surface area contributed by atoms with Crippen LogP contribution in [0, 0.1) is 0 Å². The summed E-state index contributed by atoms with van der Waals surface area (Å²) < 4.78 is 0. The molecule has 6 nitrogen and oxygen atoms in total. The van der Waals surface area contributed by atoms with Gasteiger partial charge in [0, 0.05) is 39.4 Å². The molecule has 0 radical (unpaired) electrons. The predicted octanol–water partition coefficient (Wildman–Crippen LogP) is 3.66. The zero-order valence-corrected chi connectivity index (χ0v) is 17.5. The Bertz CT molecular complexity index is 996. The first-order valence-electron chi connectivity index (χ1n) is 10.2. The molecule has 0 aliphatic carbocycles. The first-order chi connectivity index (χ1) is 14.7. The minimum absolute atomic E-state index is 0.646. The first kappa shape index (κ1) is 19.8. The largest absolute Gasteiger partial charge is 0.364 e. The molecule has 1 aliphatic rings. The van der Waals surface area contributed by atoms with Crippen LogP contribution in [0.4, 0.5) is 5.69 Å². The molecule has 1 aliphatic heterocycles. The maximum atomic E-state index is 4.53. The van der Waals surface area contributed by atoms with Crippen LogP contribution >= 0.6 is 0 Å². The van der Waals surface area contributed by atoms with Gasteiger partial charge in [-0.3, -0.25) is 4.99 Å². The number of imidazole rings is 1. The fraction of sp³-hybridized carbons (Fsp3) is 0.250. The monoisotopic (exact) mass is 400 g/mol. The topological polar surface area (TPSA) is 59.6 Å². The van der Waals surface area contributed by atoms with Crippen molar-refractivity contribution in [2.45, 2.75) is 13.1 Å². The van der Waals surface area contributed by atoms with Crippen molar-refractivity contribution in [2.75, 3.05) is 32.1 Å². The molecule has 0 saturated heterocycles. The van der Waals surface area contributed by atoms with E-state index in [1.54, 1.807) is 7.05 Å². The lowest BCUT2D eigenvalue weighted by Crippen LogP contribution is -2.38. The standard InChI is InChI=1S/C24H28N6/c1-25-24(27-16-19-10-12-21(13-11-19)30-14-6-7-15-30)29(2)18-23-26-17-22(28-23)20-8-4-3-5-9-20/h3-13,17H,14-16,18H2,1-2H3,(H,25,27)(H,26,28). The smallest absolute Gasteiger partial charge is 0.194 e. The first-order valence-corrected chi connectivity index (χ1v) is 10.2. The SMILES string of the molecule is CN=C(NCc1ccc(N2CC=CC2)cc1)N(C)Cc1ncc(-c2ccccc2)[nH]1. The van der Waals surface area contributed by atoms with E-state index in [9.17, 15) is 0 Å². The van der Waals surface area contributed by atoms with Gasteiger partial charge in [-0.25, -0.2) is 4.98 Å². The van der Waals surface area contributed by atoms with Gasteiger partial charge in [-0.2, -0.15) is 0 Å². The van der Waals surface area contributed by atoms with Gasteiger partial charge in [0.05, 0.1) is 18.4 Å². The highest BCUT2D eigenvalue weighted by molar-refractivity contribution is 5.79. The van der Waals surface area contributed by atoms with E-state index in [-0.39, 0.29) is 0 Å². The Kier molecular flexibility index (Phi) is 6.13. The normalized spacial score (nSPS) is 13.7. The number of nitrogens with one attached hydrogen (secondary N) is 2. The Balaban J connectivity index is 1.32. The molecule has 0 fully saturated rings. The number of anilines is 1. The van der Waals surface area contributed by atoms with Gasteiger partial charge in [0.1, 0.15) is 5.82 Å². The molecule has 4 rings (SSSR count). The van der Waals surface area contributed by atoms with E-state index in [0.29, 0.717) is 6.54 Å². The molecule has 2 aromatic carbocycles. The zero-order chi connectivity index (χ0) is 20.8. The maximum absolute atomic E-state index is 4.53. The van der Waals surface area contributed by atoms with Crippen molar-refractivity contribution in [2.24, 2.45) is 4.99 Å². The highest BCUT2D eigenvalue weighted by Crippen LogP contribution is 2.18. The number of guanidine groups is 1. The van der Waals surface area contributed by atoms with Crippen molar-refractivity contribution in [3.63, 3.8) is 0 Å². The molecule has 0 bridgehead atoms. The average Bonchev–Trinajstić information content (AvgIpc) is 3.48. The Labute approximate surface area is 178 Å². The van der Waals surface area contributed by atoms with Gasteiger partial charge in [-0.05, 0) is 23.3 Å². The number of hydrogen-bond donors (Lipinski definition) is 2. The van der Waals surface area contributed by atoms with Crippen molar-refractivity contribution >= 4 is 11.6 Å². The number of benzene rings is 2. The summed E-state index contributed by atoms with van der Waals surface area (Å²) in [6.45, 7) is 3.36. The Morgan fingerprint density at radius 3 is 2.53 bits per heavy atom. The van der Waals surface area contributed by atoms with Gasteiger partial charge >= 0.3 is 0 Å². The van der Waals surface area contributed by atoms with Crippen molar-refractivity contribution < 1.29 is 0 Å². The van der Waals surface area contributed by atoms with E-state index in [1.165, 1.54) is 11.3 Å². The third kappa shape index (κ3) is 4.71. The number of rotatable bonds is 6. The molecular weight excluding hydrogens is 372 g/mol. The van der Waals surface area contributed by atoms with Crippen molar-refractivity contribution in [3.8, 4) is 11.3 Å². The van der Waals surface area contributed by atoms with Crippen LogP contribution in [0.25, 0.3) is 11.3 Å². The lowest BCUT2D eigenvalue weighted by atomic mass is 10.2. The summed E-state index contributed by atoms with van der Waals surface area (Å²) >= 11 is 0. The third-order valence-corrected chi connectivity index (χ3v) is 5.24. The van der Waals surface area contributed by atoms with Gasteiger partial charge in [0.2, 0.25) is 0 Å². The van der Waals surface area contributed by atoms with Crippen LogP contribution in [0.5, 0.6) is 0 Å². The van der Waals surface area contributed by atoms with E-state index in [1.807, 2.05) is 31.4 Å². The predicted molar refractivity (Wildman–Crippen MR) is 123 cm³/mol. The molecule has 154 valence electrons. The van der Waals surface area contributed by atoms with E-state index < -0.39 is 0 Å². The number of H-pyrrole nitrogens is 1. The Morgan fingerprint density at radius 2 is 1.83 bits per heavy atom. The number of hydrogen-bond acceptors (Lipinski definition) is 3. The van der Waals surface area contributed by atoms with Crippen molar-refractivity contribution in [3.05, 3.63) is 84.3 Å². The number of nitrogens with zero attached hydrogens (tertiary/aromatic N) is 4. The summed E-state index contributed by atoms with van der Waals surface area (Å²) in [5.74, 6) is 1.74. The second-order valence-corrected chi connectivity index (χ2v) is 7.41. The van der Waals surface area contributed by atoms with Gasteiger partial charge in [-0.15, -0.1) is 0 Å². The van der Waals surface area contributed by atoms with Crippen LogP contribution in [-0.4, -0.2) is 48.0 Å². The van der Waals surface area contributed by atoms with Crippen LogP contribution in [0.15, 0.2) is 77.9 Å². The molecule has 2 heterocycles. The summed E-state index contributed by atoms with van der Waals surface area (Å²) in [6, 6.07) is 18.9. The maximum Gasteiger partial charge on any atom is 0.194 e. The molecule has 1 aromatic heterocycles. The number of aliphatic imine (C=N–C) groups is 1. The molecule has 30 heavy (non-hydrogen) atoms. The zero-order valence-electron chi connectivity index (χ0n) is 17.5. The van der Waals surface area contributed by atoms with Crippen LogP contribution < -0.4 is 10.2 Å². The van der Waals surface area contributed by atoms with E-state index in [2.05, 4.69) is 78.6 Å². The highest BCUT2D eigenvalue weighted by atomic mass is 15.3. The van der Waals surface area contributed by atoms with Gasteiger partial charge in [-0.1, -0.05) is 54.6 Å². The molecule has 3 aromatic rings. The summed E-state index contributed by atoms with van der Waals surface area (Å²) in [5, 5.41) is 3.44. The van der Waals surface area contributed by atoms with E-state index in [4.69, 9.17) is 0 Å². The average molecular weight is 401 g/mol. The van der Waals surface area contributed by atoms with Crippen LogP contribution in [-0.2, 0) is 13.1 Å². The van der Waals surface area contributed by atoms with Crippen LogP contribution in [0.1, 0.15) is 11.4 Å². The molecule has 6 heteroatoms. The number of aromatic nitrogens is 2. The Hall–Kier alpha value is -3.54. The molecule has 0 amide bonds. The van der Waals surface area contributed by atoms with Gasteiger partial charge in [0.25, 0.3) is 0 Å². The van der Waals surface area contributed by atoms with E-state index in [0.717, 1.165) is 42.7 Å². The molecular formula is C24H28N6. The second kappa shape index (κ2) is 9.31. The second-order valence-electron chi connectivity index (χ2n) is 7.41. The van der Waals surface area contributed by atoms with Gasteiger partial charge in [0.15, 0.2) is 5.96 Å². The number of aromatic amines is 1. The molecule has 0 atom stereocenters. The molecule has 0 unspecified atom stereocenters. The minimum Gasteiger partial charge on any atom is -0.364 e. The third-order valence-electron chi connectivity index (χ3n) is 5.24. The highest BCUT2D eigenvalue weighted by Gasteiger charge is 2.11. The molecule has 2 N–H and O–H groups in total. The summed E-state index contributed by atoms with van der Waals surface area (Å²) in [7, 11) is 3.82. The lowest BCUT2D eigenvalue weighted by molar-refractivity contribution is 0.464. The van der Waals surface area contributed by atoms with E-state index >= 15 is 0 Å². The molecule has 0 saturated carbocycles. The quantitative estimate of drug-likeness (QED) is 0.377. The summed E-state index contributed by atoms with van der Waals surface area (Å²) in [4.78, 5) is 16.8. The lowest BCUT2D eigenvalue weighted by Gasteiger charge is -2.21. The fourth-order valence-electron chi connectivity index (χ4n) is 3.59. The van der Waals surface area contributed by atoms with Crippen molar-refractivity contribution in [1.82, 2.24) is 20.2 Å². The van der Waals surface area contributed by atoms with Gasteiger partial charge < -0.3 is 20.1 Å². The fourth-order valence-corrected chi connectivity index (χ4v) is 3.59. The van der Waals surface area contributed by atoms with Crippen LogP contribution in [0.2, 0.25) is 0 Å². The van der Waals surface area contributed by atoms with Crippen LogP contribution in [0.3, 0.4) is 0 Å². The summed E-state index contributed by atoms with van der Waals surface area (Å²) in [5.41, 5.74) is 4.65. The Morgan fingerprint density at radius 1 is 1.10 bits per heavy atom. The van der Waals surface area contributed by atoms with Crippen molar-refractivity contribution in [1.29, 1.82) is 0 Å². The summed E-state index contributed by atoms with van der Waals surface area (Å²) in [6.07, 6.45) is 6.29.